The van der Waals surface area contributed by atoms with Gasteiger partial charge in [-0.15, -0.1) is 0 Å². The van der Waals surface area contributed by atoms with Gasteiger partial charge in [-0.05, 0) is 18.6 Å². The molecule has 2 amide bonds. The van der Waals surface area contributed by atoms with Gasteiger partial charge in [0.05, 0.1) is 5.92 Å². The van der Waals surface area contributed by atoms with Gasteiger partial charge in [0.2, 0.25) is 5.91 Å². The fourth-order valence-corrected chi connectivity index (χ4v) is 1.47. The zero-order chi connectivity index (χ0) is 15.1. The Morgan fingerprint density at radius 3 is 2.40 bits per heavy atom. The number of aliphatic carboxylic acids is 1. The Kier molecular flexibility index (Phi) is 5.52. The van der Waals surface area contributed by atoms with E-state index >= 15 is 0 Å². The molecule has 2 atom stereocenters. The molecule has 0 saturated heterocycles. The van der Waals surface area contributed by atoms with E-state index < -0.39 is 29.9 Å². The predicted molar refractivity (Wildman–Crippen MR) is 70.0 cm³/mol. The van der Waals surface area contributed by atoms with Gasteiger partial charge in [0.15, 0.2) is 0 Å². The number of hydrogen-bond acceptors (Lipinski definition) is 4. The molecule has 0 spiro atoms. The average molecular weight is 280 g/mol. The van der Waals surface area contributed by atoms with Crippen LogP contribution in [0.15, 0.2) is 30.3 Å². The SMILES string of the molecule is CC(CC(NC(=O)Oc1ccccc1)C(N)=O)C(=O)O. The highest BCUT2D eigenvalue weighted by atomic mass is 16.6. The monoisotopic (exact) mass is 280 g/mol. The van der Waals surface area contributed by atoms with Crippen molar-refractivity contribution in [2.45, 2.75) is 19.4 Å². The molecule has 7 heteroatoms. The molecule has 4 N–H and O–H groups in total. The van der Waals surface area contributed by atoms with Crippen molar-refractivity contribution in [3.63, 3.8) is 0 Å². The summed E-state index contributed by atoms with van der Waals surface area (Å²) in [6.45, 7) is 1.42. The summed E-state index contributed by atoms with van der Waals surface area (Å²) in [5.74, 6) is -2.40. The highest BCUT2D eigenvalue weighted by Crippen LogP contribution is 2.10. The first-order valence-electron chi connectivity index (χ1n) is 5.95. The molecule has 20 heavy (non-hydrogen) atoms. The van der Waals surface area contributed by atoms with Crippen molar-refractivity contribution in [1.29, 1.82) is 0 Å². The molecule has 0 bridgehead atoms. The Balaban J connectivity index is 2.59. The van der Waals surface area contributed by atoms with E-state index in [1.807, 2.05) is 0 Å². The fraction of sp³-hybridized carbons (Fsp3) is 0.308. The molecular weight excluding hydrogens is 264 g/mol. The van der Waals surface area contributed by atoms with Gasteiger partial charge in [-0.1, -0.05) is 25.1 Å². The van der Waals surface area contributed by atoms with E-state index in [0.29, 0.717) is 5.75 Å². The zero-order valence-corrected chi connectivity index (χ0v) is 10.9. The lowest BCUT2D eigenvalue weighted by molar-refractivity contribution is -0.141. The number of carbonyl (C=O) groups is 3. The van der Waals surface area contributed by atoms with Crippen LogP contribution < -0.4 is 15.8 Å². The van der Waals surface area contributed by atoms with Crippen LogP contribution >= 0.6 is 0 Å². The molecule has 0 aromatic heterocycles. The summed E-state index contributed by atoms with van der Waals surface area (Å²) in [6.07, 6.45) is -0.966. The molecule has 1 aromatic rings. The van der Waals surface area contributed by atoms with Crippen molar-refractivity contribution < 1.29 is 24.2 Å². The minimum atomic E-state index is -1.10. The standard InChI is InChI=1S/C13H16N2O5/c1-8(12(17)18)7-10(11(14)16)15-13(19)20-9-5-3-2-4-6-9/h2-6,8,10H,7H2,1H3,(H2,14,16)(H,15,19)(H,17,18). The summed E-state index contributed by atoms with van der Waals surface area (Å²) < 4.78 is 4.93. The molecule has 1 rings (SSSR count). The van der Waals surface area contributed by atoms with Crippen molar-refractivity contribution >= 4 is 18.0 Å². The fourth-order valence-electron chi connectivity index (χ4n) is 1.47. The maximum atomic E-state index is 11.6. The second-order valence-corrected chi connectivity index (χ2v) is 4.28. The third kappa shape index (κ3) is 4.97. The van der Waals surface area contributed by atoms with Crippen LogP contribution in [0.25, 0.3) is 0 Å². The lowest BCUT2D eigenvalue weighted by atomic mass is 10.0. The molecule has 0 saturated carbocycles. The molecule has 0 aliphatic carbocycles. The molecule has 108 valence electrons. The smallest absolute Gasteiger partial charge is 0.413 e. The van der Waals surface area contributed by atoms with Gasteiger partial charge in [0, 0.05) is 0 Å². The van der Waals surface area contributed by atoms with E-state index in [-0.39, 0.29) is 6.42 Å². The Hall–Kier alpha value is -2.57. The first-order chi connectivity index (χ1) is 9.40. The van der Waals surface area contributed by atoms with Gasteiger partial charge in [-0.3, -0.25) is 9.59 Å². The molecular formula is C13H16N2O5. The van der Waals surface area contributed by atoms with Gasteiger partial charge in [0.1, 0.15) is 11.8 Å². The second-order valence-electron chi connectivity index (χ2n) is 4.28. The first-order valence-corrected chi connectivity index (χ1v) is 5.95. The summed E-state index contributed by atoms with van der Waals surface area (Å²) in [6, 6.07) is 7.15. The van der Waals surface area contributed by atoms with E-state index in [0.717, 1.165) is 0 Å². The Bertz CT molecular complexity index is 489. The van der Waals surface area contributed by atoms with Crippen LogP contribution in [0.3, 0.4) is 0 Å². The molecule has 1 aromatic carbocycles. The number of carbonyl (C=O) groups excluding carboxylic acids is 2. The summed E-state index contributed by atoms with van der Waals surface area (Å²) >= 11 is 0. The molecule has 7 nitrogen and oxygen atoms in total. The highest BCUT2D eigenvalue weighted by molar-refractivity contribution is 5.85. The molecule has 0 radical (unpaired) electrons. The van der Waals surface area contributed by atoms with Gasteiger partial charge in [0.25, 0.3) is 0 Å². The minimum absolute atomic E-state index is 0.103. The van der Waals surface area contributed by atoms with Crippen molar-refractivity contribution in [3.05, 3.63) is 30.3 Å². The van der Waals surface area contributed by atoms with Crippen LogP contribution in [-0.2, 0) is 9.59 Å². The zero-order valence-electron chi connectivity index (χ0n) is 10.9. The van der Waals surface area contributed by atoms with E-state index in [2.05, 4.69) is 5.32 Å². The number of para-hydroxylation sites is 1. The summed E-state index contributed by atoms with van der Waals surface area (Å²) in [5, 5.41) is 11.0. The van der Waals surface area contributed by atoms with E-state index in [9.17, 15) is 14.4 Å². The molecule has 0 aliphatic rings. The van der Waals surface area contributed by atoms with Gasteiger partial charge in [-0.25, -0.2) is 4.79 Å². The second kappa shape index (κ2) is 7.13. The normalized spacial score (nSPS) is 13.1. The summed E-state index contributed by atoms with van der Waals surface area (Å²) in [7, 11) is 0. The minimum Gasteiger partial charge on any atom is -0.481 e. The maximum Gasteiger partial charge on any atom is 0.413 e. The van der Waals surface area contributed by atoms with Crippen LogP contribution in [0, 0.1) is 5.92 Å². The highest BCUT2D eigenvalue weighted by Gasteiger charge is 2.24. The Labute approximate surface area is 115 Å². The number of nitrogens with two attached hydrogens (primary N) is 1. The third-order valence-electron chi connectivity index (χ3n) is 2.60. The number of carboxylic acids is 1. The maximum absolute atomic E-state index is 11.6. The van der Waals surface area contributed by atoms with Crippen molar-refractivity contribution in [2.24, 2.45) is 11.7 Å². The van der Waals surface area contributed by atoms with Gasteiger partial charge < -0.3 is 20.9 Å². The lowest BCUT2D eigenvalue weighted by Gasteiger charge is -2.17. The molecule has 2 unspecified atom stereocenters. The average Bonchev–Trinajstić information content (AvgIpc) is 2.38. The largest absolute Gasteiger partial charge is 0.481 e. The molecule has 0 fully saturated rings. The Morgan fingerprint density at radius 1 is 1.30 bits per heavy atom. The van der Waals surface area contributed by atoms with E-state index in [1.54, 1.807) is 30.3 Å². The molecule has 0 heterocycles. The van der Waals surface area contributed by atoms with Crippen LogP contribution in [-0.4, -0.2) is 29.1 Å². The van der Waals surface area contributed by atoms with Crippen LogP contribution in [0.4, 0.5) is 4.79 Å². The van der Waals surface area contributed by atoms with Crippen LogP contribution in [0.1, 0.15) is 13.3 Å². The number of hydrogen-bond donors (Lipinski definition) is 3. The number of ether oxygens (including phenoxy) is 1. The van der Waals surface area contributed by atoms with E-state index in [4.69, 9.17) is 15.6 Å². The van der Waals surface area contributed by atoms with Crippen molar-refractivity contribution in [3.8, 4) is 5.75 Å². The van der Waals surface area contributed by atoms with Gasteiger partial charge >= 0.3 is 12.1 Å². The predicted octanol–water partition coefficient (Wildman–Crippen LogP) is 0.740. The topological polar surface area (TPSA) is 119 Å². The van der Waals surface area contributed by atoms with Gasteiger partial charge in [-0.2, -0.15) is 0 Å². The number of amides is 2. The van der Waals surface area contributed by atoms with Crippen LogP contribution in [0.5, 0.6) is 5.75 Å². The molecule has 0 aliphatic heterocycles. The number of carboxylic acid groups (broad SMARTS) is 1. The summed E-state index contributed by atoms with van der Waals surface area (Å²) in [5.41, 5.74) is 5.12. The quantitative estimate of drug-likeness (QED) is 0.710. The van der Waals surface area contributed by atoms with Crippen LogP contribution in [0.2, 0.25) is 0 Å². The first kappa shape index (κ1) is 15.5. The number of nitrogens with one attached hydrogen (secondary N) is 1. The third-order valence-corrected chi connectivity index (χ3v) is 2.60. The number of benzene rings is 1. The van der Waals surface area contributed by atoms with Crippen molar-refractivity contribution in [2.75, 3.05) is 0 Å². The lowest BCUT2D eigenvalue weighted by Crippen LogP contribution is -2.47. The summed E-state index contributed by atoms with van der Waals surface area (Å²) in [4.78, 5) is 33.5. The number of primary amides is 1. The Morgan fingerprint density at radius 2 is 1.90 bits per heavy atom. The number of rotatable bonds is 6. The van der Waals surface area contributed by atoms with E-state index in [1.165, 1.54) is 6.92 Å². The van der Waals surface area contributed by atoms with Crippen molar-refractivity contribution in [1.82, 2.24) is 5.32 Å².